The Morgan fingerprint density at radius 1 is 0.909 bits per heavy atom. The van der Waals surface area contributed by atoms with Crippen molar-refractivity contribution in [2.24, 2.45) is 0 Å². The quantitative estimate of drug-likeness (QED) is 0.442. The van der Waals surface area contributed by atoms with Gasteiger partial charge in [0.25, 0.3) is 11.8 Å². The van der Waals surface area contributed by atoms with Crippen LogP contribution in [0.1, 0.15) is 27.0 Å². The van der Waals surface area contributed by atoms with Gasteiger partial charge in [-0.2, -0.15) is 13.2 Å². The van der Waals surface area contributed by atoms with E-state index in [1.807, 2.05) is 13.8 Å². The second-order valence-corrected chi connectivity index (χ2v) is 7.70. The Morgan fingerprint density at radius 2 is 1.55 bits per heavy atom. The van der Waals surface area contributed by atoms with Crippen LogP contribution < -0.4 is 15.4 Å². The summed E-state index contributed by atoms with van der Waals surface area (Å²) in [7, 11) is 0. The molecule has 0 saturated carbocycles. The van der Waals surface area contributed by atoms with Crippen LogP contribution in [0.4, 0.5) is 24.5 Å². The number of rotatable bonds is 6. The fraction of sp³-hybridized carbons (Fsp3) is 0.167. The van der Waals surface area contributed by atoms with E-state index in [1.54, 1.807) is 12.1 Å². The summed E-state index contributed by atoms with van der Waals surface area (Å²) in [6.45, 7) is 3.46. The summed E-state index contributed by atoms with van der Waals surface area (Å²) in [5.74, 6) is -0.461. The first-order valence-corrected chi connectivity index (χ1v) is 10.2. The Kier molecular flexibility index (Phi) is 7.28. The molecule has 0 atom stereocenters. The van der Waals surface area contributed by atoms with Crippen LogP contribution in [0.3, 0.4) is 0 Å². The SMILES string of the molecule is Cc1cc(OCC(=O)Nc2ccc(C(=O)Nc3cccc(C(F)(F)F)c3)cc2)cc(C)c1Cl. The highest BCUT2D eigenvalue weighted by Gasteiger charge is 2.30. The number of alkyl halides is 3. The second kappa shape index (κ2) is 9.95. The third kappa shape index (κ3) is 6.49. The summed E-state index contributed by atoms with van der Waals surface area (Å²) < 4.78 is 44.0. The van der Waals surface area contributed by atoms with Crippen molar-refractivity contribution < 1.29 is 27.5 Å². The zero-order valence-electron chi connectivity index (χ0n) is 17.7. The maximum Gasteiger partial charge on any atom is 0.416 e. The predicted molar refractivity (Wildman–Crippen MR) is 121 cm³/mol. The largest absolute Gasteiger partial charge is 0.484 e. The molecule has 0 aliphatic carbocycles. The predicted octanol–water partition coefficient (Wildman–Crippen LogP) is 6.25. The second-order valence-electron chi connectivity index (χ2n) is 7.32. The molecule has 3 aromatic rings. The molecule has 3 aromatic carbocycles. The summed E-state index contributed by atoms with van der Waals surface area (Å²) in [5, 5.41) is 5.72. The molecule has 0 spiro atoms. The Labute approximate surface area is 193 Å². The number of hydrogen-bond donors (Lipinski definition) is 2. The fourth-order valence-electron chi connectivity index (χ4n) is 3.02. The van der Waals surface area contributed by atoms with E-state index in [2.05, 4.69) is 10.6 Å². The summed E-state index contributed by atoms with van der Waals surface area (Å²) in [4.78, 5) is 24.5. The van der Waals surface area contributed by atoms with E-state index >= 15 is 0 Å². The van der Waals surface area contributed by atoms with Gasteiger partial charge in [0, 0.05) is 22.0 Å². The standard InChI is InChI=1S/C24H20ClF3N2O3/c1-14-10-20(11-15(2)22(14)25)33-13-21(31)29-18-8-6-16(7-9-18)23(32)30-19-5-3-4-17(12-19)24(26,27)28/h3-12H,13H2,1-2H3,(H,29,31)(H,30,32). The minimum absolute atomic E-state index is 0.0250. The van der Waals surface area contributed by atoms with Crippen LogP contribution in [0.2, 0.25) is 5.02 Å². The van der Waals surface area contributed by atoms with Gasteiger partial charge < -0.3 is 15.4 Å². The maximum atomic E-state index is 12.8. The van der Waals surface area contributed by atoms with Gasteiger partial charge in [-0.25, -0.2) is 0 Å². The topological polar surface area (TPSA) is 67.4 Å². The number of nitrogens with one attached hydrogen (secondary N) is 2. The average Bonchev–Trinajstić information content (AvgIpc) is 2.76. The molecule has 2 N–H and O–H groups in total. The molecule has 0 aromatic heterocycles. The fourth-order valence-corrected chi connectivity index (χ4v) is 3.13. The summed E-state index contributed by atoms with van der Waals surface area (Å²) >= 11 is 6.12. The van der Waals surface area contributed by atoms with E-state index in [-0.39, 0.29) is 17.9 Å². The third-order valence-electron chi connectivity index (χ3n) is 4.66. The number of ether oxygens (including phenoxy) is 1. The lowest BCUT2D eigenvalue weighted by Gasteiger charge is -2.11. The number of carbonyl (C=O) groups excluding carboxylic acids is 2. The normalized spacial score (nSPS) is 11.1. The van der Waals surface area contributed by atoms with Gasteiger partial charge in [-0.3, -0.25) is 9.59 Å². The molecular weight excluding hydrogens is 457 g/mol. The number of hydrogen-bond acceptors (Lipinski definition) is 3. The Balaban J connectivity index is 1.56. The first kappa shape index (κ1) is 24.1. The molecule has 0 aliphatic rings. The van der Waals surface area contributed by atoms with Gasteiger partial charge in [-0.15, -0.1) is 0 Å². The lowest BCUT2D eigenvalue weighted by Crippen LogP contribution is -2.20. The van der Waals surface area contributed by atoms with Gasteiger partial charge in [-0.1, -0.05) is 17.7 Å². The molecule has 3 rings (SSSR count). The smallest absolute Gasteiger partial charge is 0.416 e. The summed E-state index contributed by atoms with van der Waals surface area (Å²) in [6, 6.07) is 13.8. The number of amides is 2. The zero-order chi connectivity index (χ0) is 24.2. The molecule has 0 heterocycles. The van der Waals surface area contributed by atoms with Crippen LogP contribution in [0.25, 0.3) is 0 Å². The lowest BCUT2D eigenvalue weighted by molar-refractivity contribution is -0.137. The minimum atomic E-state index is -4.50. The molecule has 0 unspecified atom stereocenters. The summed E-state index contributed by atoms with van der Waals surface area (Å²) in [6.07, 6.45) is -4.50. The highest BCUT2D eigenvalue weighted by molar-refractivity contribution is 6.32. The molecule has 0 aliphatic heterocycles. The van der Waals surface area contributed by atoms with Crippen LogP contribution in [0.5, 0.6) is 5.75 Å². The monoisotopic (exact) mass is 476 g/mol. The molecule has 0 saturated heterocycles. The van der Waals surface area contributed by atoms with Gasteiger partial charge >= 0.3 is 6.18 Å². The Hall–Kier alpha value is -3.52. The van der Waals surface area contributed by atoms with Crippen molar-refractivity contribution in [1.29, 1.82) is 0 Å². The molecular formula is C24H20ClF3N2O3. The van der Waals surface area contributed by atoms with Gasteiger partial charge in [0.15, 0.2) is 6.61 Å². The molecule has 0 bridgehead atoms. The van der Waals surface area contributed by atoms with Crippen molar-refractivity contribution in [2.75, 3.05) is 17.2 Å². The first-order valence-electron chi connectivity index (χ1n) is 9.81. The van der Waals surface area contributed by atoms with E-state index in [4.69, 9.17) is 16.3 Å². The number of benzene rings is 3. The molecule has 9 heteroatoms. The molecule has 172 valence electrons. The average molecular weight is 477 g/mol. The maximum absolute atomic E-state index is 12.8. The van der Waals surface area contributed by atoms with Gasteiger partial charge in [0.2, 0.25) is 0 Å². The Bertz CT molecular complexity index is 1160. The van der Waals surface area contributed by atoms with Crippen LogP contribution in [0.15, 0.2) is 60.7 Å². The van der Waals surface area contributed by atoms with Gasteiger partial charge in [0.05, 0.1) is 5.56 Å². The number of halogens is 4. The molecule has 2 amide bonds. The van der Waals surface area contributed by atoms with Crippen molar-refractivity contribution in [3.05, 3.63) is 87.9 Å². The first-order chi connectivity index (χ1) is 15.5. The summed E-state index contributed by atoms with van der Waals surface area (Å²) in [5.41, 5.74) is 1.50. The molecule has 33 heavy (non-hydrogen) atoms. The molecule has 0 radical (unpaired) electrons. The van der Waals surface area contributed by atoms with E-state index in [1.165, 1.54) is 36.4 Å². The molecule has 0 fully saturated rings. The molecule has 5 nitrogen and oxygen atoms in total. The van der Waals surface area contributed by atoms with E-state index < -0.39 is 23.6 Å². The Morgan fingerprint density at radius 3 is 2.15 bits per heavy atom. The van der Waals surface area contributed by atoms with Crippen LogP contribution >= 0.6 is 11.6 Å². The minimum Gasteiger partial charge on any atom is -0.484 e. The number of carbonyl (C=O) groups is 2. The highest BCUT2D eigenvalue weighted by Crippen LogP contribution is 2.31. The van der Waals surface area contributed by atoms with Gasteiger partial charge in [0.1, 0.15) is 5.75 Å². The van der Waals surface area contributed by atoms with Crippen molar-refractivity contribution in [3.8, 4) is 5.75 Å². The van der Waals surface area contributed by atoms with E-state index in [0.29, 0.717) is 16.5 Å². The number of aryl methyl sites for hydroxylation is 2. The van der Waals surface area contributed by atoms with Gasteiger partial charge in [-0.05, 0) is 79.6 Å². The van der Waals surface area contributed by atoms with E-state index in [0.717, 1.165) is 23.3 Å². The van der Waals surface area contributed by atoms with Crippen LogP contribution in [0, 0.1) is 13.8 Å². The van der Waals surface area contributed by atoms with Crippen LogP contribution in [-0.2, 0) is 11.0 Å². The van der Waals surface area contributed by atoms with Crippen molar-refractivity contribution in [2.45, 2.75) is 20.0 Å². The van der Waals surface area contributed by atoms with Crippen molar-refractivity contribution in [3.63, 3.8) is 0 Å². The van der Waals surface area contributed by atoms with Crippen LogP contribution in [-0.4, -0.2) is 18.4 Å². The van der Waals surface area contributed by atoms with Crippen molar-refractivity contribution in [1.82, 2.24) is 0 Å². The van der Waals surface area contributed by atoms with E-state index in [9.17, 15) is 22.8 Å². The number of anilines is 2. The lowest BCUT2D eigenvalue weighted by atomic mass is 10.1. The highest BCUT2D eigenvalue weighted by atomic mass is 35.5. The zero-order valence-corrected chi connectivity index (χ0v) is 18.5. The third-order valence-corrected chi connectivity index (χ3v) is 5.25. The van der Waals surface area contributed by atoms with Crippen molar-refractivity contribution >= 4 is 34.8 Å².